The molecule has 1 aliphatic heterocycles. The molecule has 1 heterocycles. The minimum absolute atomic E-state index is 0.0737. The van der Waals surface area contributed by atoms with Crippen LogP contribution in [0.3, 0.4) is 0 Å². The van der Waals surface area contributed by atoms with Crippen LogP contribution < -0.4 is 5.32 Å². The van der Waals surface area contributed by atoms with Gasteiger partial charge in [-0.05, 0) is 51.9 Å². The summed E-state index contributed by atoms with van der Waals surface area (Å²) >= 11 is 0. The number of esters is 1. The quantitative estimate of drug-likeness (QED) is 0.796. The lowest BCUT2D eigenvalue weighted by Crippen LogP contribution is -2.33. The number of hydrogen-bond acceptors (Lipinski definition) is 3. The average Bonchev–Trinajstić information content (AvgIpc) is 2.29. The molecule has 1 N–H and O–H groups in total. The average molecular weight is 233 g/mol. The largest absolute Gasteiger partial charge is 0.459 e. The van der Waals surface area contributed by atoms with Gasteiger partial charge in [-0.25, -0.2) is 4.79 Å². The standard InChI is InChI=1S/C14H19NO2/c1-10-7-11(2)9-12(8-10)14(16)17-13-3-5-15-6-4-13/h7-9,13,15H,3-6H2,1-2H3. The van der Waals surface area contributed by atoms with E-state index in [4.69, 9.17) is 4.74 Å². The monoisotopic (exact) mass is 233 g/mol. The molecular weight excluding hydrogens is 214 g/mol. The van der Waals surface area contributed by atoms with Crippen LogP contribution in [-0.2, 0) is 4.74 Å². The van der Waals surface area contributed by atoms with Gasteiger partial charge in [0, 0.05) is 0 Å². The van der Waals surface area contributed by atoms with Gasteiger partial charge in [-0.3, -0.25) is 0 Å². The molecule has 1 aromatic rings. The molecule has 1 aliphatic rings. The summed E-state index contributed by atoms with van der Waals surface area (Å²) in [6, 6.07) is 5.83. The highest BCUT2D eigenvalue weighted by atomic mass is 16.5. The van der Waals surface area contributed by atoms with Gasteiger partial charge >= 0.3 is 5.97 Å². The van der Waals surface area contributed by atoms with E-state index < -0.39 is 0 Å². The van der Waals surface area contributed by atoms with Crippen molar-refractivity contribution in [1.29, 1.82) is 0 Å². The summed E-state index contributed by atoms with van der Waals surface area (Å²) in [5.41, 5.74) is 2.87. The van der Waals surface area contributed by atoms with E-state index in [1.54, 1.807) is 0 Å². The highest BCUT2D eigenvalue weighted by molar-refractivity contribution is 5.90. The second-order valence-corrected chi connectivity index (χ2v) is 4.73. The van der Waals surface area contributed by atoms with Crippen LogP contribution in [0.25, 0.3) is 0 Å². The Labute approximate surface area is 102 Å². The summed E-state index contributed by atoms with van der Waals surface area (Å²) in [4.78, 5) is 12.0. The van der Waals surface area contributed by atoms with Gasteiger partial charge in [0.05, 0.1) is 5.56 Å². The molecule has 1 saturated heterocycles. The third-order valence-corrected chi connectivity index (χ3v) is 3.02. The van der Waals surface area contributed by atoms with Gasteiger partial charge in [-0.15, -0.1) is 0 Å². The Morgan fingerprint density at radius 3 is 2.35 bits per heavy atom. The van der Waals surface area contributed by atoms with E-state index in [1.165, 1.54) is 0 Å². The van der Waals surface area contributed by atoms with E-state index in [0.29, 0.717) is 5.56 Å². The van der Waals surface area contributed by atoms with Crippen LogP contribution in [0.1, 0.15) is 34.3 Å². The van der Waals surface area contributed by atoms with Crippen molar-refractivity contribution in [3.8, 4) is 0 Å². The maximum absolute atomic E-state index is 12.0. The van der Waals surface area contributed by atoms with Crippen molar-refractivity contribution in [2.24, 2.45) is 0 Å². The number of carbonyl (C=O) groups excluding carboxylic acids is 1. The Morgan fingerprint density at radius 1 is 1.18 bits per heavy atom. The second-order valence-electron chi connectivity index (χ2n) is 4.73. The molecule has 0 spiro atoms. The number of piperidine rings is 1. The predicted octanol–water partition coefficient (Wildman–Crippen LogP) is 2.21. The summed E-state index contributed by atoms with van der Waals surface area (Å²) in [5.74, 6) is -0.191. The maximum atomic E-state index is 12.0. The molecule has 0 aliphatic carbocycles. The first-order valence-corrected chi connectivity index (χ1v) is 6.15. The normalized spacial score (nSPS) is 16.8. The van der Waals surface area contributed by atoms with Gasteiger partial charge < -0.3 is 10.1 Å². The molecule has 0 aromatic heterocycles. The molecule has 2 rings (SSSR count). The van der Waals surface area contributed by atoms with Crippen LogP contribution >= 0.6 is 0 Å². The minimum Gasteiger partial charge on any atom is -0.459 e. The van der Waals surface area contributed by atoms with Crippen LogP contribution in [0.15, 0.2) is 18.2 Å². The molecule has 0 bridgehead atoms. The van der Waals surface area contributed by atoms with Crippen LogP contribution in [-0.4, -0.2) is 25.2 Å². The highest BCUT2D eigenvalue weighted by Crippen LogP contribution is 2.14. The molecule has 17 heavy (non-hydrogen) atoms. The molecular formula is C14H19NO2. The van der Waals surface area contributed by atoms with Crippen LogP contribution in [0, 0.1) is 13.8 Å². The summed E-state index contributed by atoms with van der Waals surface area (Å²) in [6.45, 7) is 5.86. The fourth-order valence-electron chi connectivity index (χ4n) is 2.23. The Balaban J connectivity index is 2.03. The maximum Gasteiger partial charge on any atom is 0.338 e. The fraction of sp³-hybridized carbons (Fsp3) is 0.500. The van der Waals surface area contributed by atoms with Gasteiger partial charge in [0.2, 0.25) is 0 Å². The zero-order valence-corrected chi connectivity index (χ0v) is 10.5. The number of benzene rings is 1. The molecule has 0 radical (unpaired) electrons. The lowest BCUT2D eigenvalue weighted by molar-refractivity contribution is 0.0229. The van der Waals surface area contributed by atoms with Crippen molar-refractivity contribution in [2.45, 2.75) is 32.8 Å². The van der Waals surface area contributed by atoms with Crippen molar-refractivity contribution >= 4 is 5.97 Å². The van der Waals surface area contributed by atoms with E-state index in [2.05, 4.69) is 11.4 Å². The van der Waals surface area contributed by atoms with E-state index in [1.807, 2.05) is 26.0 Å². The number of aryl methyl sites for hydroxylation is 2. The lowest BCUT2D eigenvalue weighted by Gasteiger charge is -2.22. The third kappa shape index (κ3) is 3.30. The summed E-state index contributed by atoms with van der Waals surface area (Å²) in [7, 11) is 0. The minimum atomic E-state index is -0.191. The van der Waals surface area contributed by atoms with Gasteiger partial charge in [-0.1, -0.05) is 17.2 Å². The smallest absolute Gasteiger partial charge is 0.338 e. The molecule has 0 amide bonds. The van der Waals surface area contributed by atoms with Crippen molar-refractivity contribution in [3.05, 3.63) is 34.9 Å². The van der Waals surface area contributed by atoms with E-state index in [9.17, 15) is 4.79 Å². The summed E-state index contributed by atoms with van der Waals surface area (Å²) < 4.78 is 5.51. The van der Waals surface area contributed by atoms with Gasteiger partial charge in [-0.2, -0.15) is 0 Å². The SMILES string of the molecule is Cc1cc(C)cc(C(=O)OC2CCNCC2)c1. The second kappa shape index (κ2) is 5.32. The van der Waals surface area contributed by atoms with Gasteiger partial charge in [0.1, 0.15) is 6.10 Å². The number of carbonyl (C=O) groups is 1. The first kappa shape index (κ1) is 12.1. The van der Waals surface area contributed by atoms with Crippen molar-refractivity contribution in [2.75, 3.05) is 13.1 Å². The molecule has 1 aromatic carbocycles. The van der Waals surface area contributed by atoms with Crippen LogP contribution in [0.2, 0.25) is 0 Å². The zero-order valence-electron chi connectivity index (χ0n) is 10.5. The highest BCUT2D eigenvalue weighted by Gasteiger charge is 2.18. The predicted molar refractivity (Wildman–Crippen MR) is 67.2 cm³/mol. The number of rotatable bonds is 2. The number of ether oxygens (including phenoxy) is 1. The molecule has 0 unspecified atom stereocenters. The van der Waals surface area contributed by atoms with Gasteiger partial charge in [0.25, 0.3) is 0 Å². The molecule has 0 atom stereocenters. The lowest BCUT2D eigenvalue weighted by atomic mass is 10.1. The first-order valence-electron chi connectivity index (χ1n) is 6.15. The summed E-state index contributed by atoms with van der Waals surface area (Å²) in [6.07, 6.45) is 1.90. The Morgan fingerprint density at radius 2 is 1.76 bits per heavy atom. The first-order chi connectivity index (χ1) is 8.15. The third-order valence-electron chi connectivity index (χ3n) is 3.02. The Hall–Kier alpha value is -1.35. The van der Waals surface area contributed by atoms with Crippen molar-refractivity contribution in [3.63, 3.8) is 0 Å². The molecule has 92 valence electrons. The number of hydrogen-bond donors (Lipinski definition) is 1. The van der Waals surface area contributed by atoms with E-state index in [0.717, 1.165) is 37.1 Å². The van der Waals surface area contributed by atoms with E-state index >= 15 is 0 Å². The van der Waals surface area contributed by atoms with Crippen molar-refractivity contribution in [1.82, 2.24) is 5.32 Å². The number of nitrogens with one attached hydrogen (secondary N) is 1. The molecule has 0 saturated carbocycles. The molecule has 3 heteroatoms. The van der Waals surface area contributed by atoms with Crippen LogP contribution in [0.4, 0.5) is 0 Å². The Bertz CT molecular complexity index is 388. The zero-order chi connectivity index (χ0) is 12.3. The van der Waals surface area contributed by atoms with Crippen LogP contribution in [0.5, 0.6) is 0 Å². The Kier molecular flexibility index (Phi) is 3.79. The molecule has 3 nitrogen and oxygen atoms in total. The van der Waals surface area contributed by atoms with Crippen molar-refractivity contribution < 1.29 is 9.53 Å². The van der Waals surface area contributed by atoms with Gasteiger partial charge in [0.15, 0.2) is 0 Å². The summed E-state index contributed by atoms with van der Waals surface area (Å²) in [5, 5.41) is 3.25. The van der Waals surface area contributed by atoms with E-state index in [-0.39, 0.29) is 12.1 Å². The topological polar surface area (TPSA) is 38.3 Å². The fourth-order valence-corrected chi connectivity index (χ4v) is 2.23. The molecule has 1 fully saturated rings.